The summed E-state index contributed by atoms with van der Waals surface area (Å²) in [5, 5.41) is 0. The van der Waals surface area contributed by atoms with Crippen LogP contribution in [0.15, 0.2) is 35.4 Å². The molecular formula is C13H13FN2O. The van der Waals surface area contributed by atoms with Gasteiger partial charge in [0, 0.05) is 5.56 Å². The lowest BCUT2D eigenvalue weighted by molar-refractivity contribution is 0.605. The molecule has 1 aromatic heterocycles. The Morgan fingerprint density at radius 2 is 2.00 bits per heavy atom. The van der Waals surface area contributed by atoms with Crippen LogP contribution in [0.25, 0.3) is 11.3 Å². The summed E-state index contributed by atoms with van der Waals surface area (Å²) in [6.07, 6.45) is 3.27. The van der Waals surface area contributed by atoms with E-state index in [2.05, 4.69) is 16.9 Å². The fourth-order valence-corrected chi connectivity index (χ4v) is 1.70. The van der Waals surface area contributed by atoms with Crippen LogP contribution < -0.4 is 5.56 Å². The van der Waals surface area contributed by atoms with Crippen molar-refractivity contribution in [1.82, 2.24) is 9.97 Å². The van der Waals surface area contributed by atoms with Gasteiger partial charge in [-0.15, -0.1) is 0 Å². The molecule has 0 unspecified atom stereocenters. The predicted molar refractivity (Wildman–Crippen MR) is 64.2 cm³/mol. The number of aryl methyl sites for hydroxylation is 1. The maximum atomic E-state index is 13.5. The minimum Gasteiger partial charge on any atom is -0.311 e. The smallest absolute Gasteiger partial charge is 0.287 e. The number of hydrogen-bond donors (Lipinski definition) is 1. The molecule has 4 heteroatoms. The number of aromatic amines is 1. The maximum Gasteiger partial charge on any atom is 0.287 e. The van der Waals surface area contributed by atoms with E-state index in [1.165, 1.54) is 11.9 Å². The van der Waals surface area contributed by atoms with Crippen molar-refractivity contribution < 1.29 is 4.39 Å². The van der Waals surface area contributed by atoms with E-state index in [9.17, 15) is 9.18 Å². The highest BCUT2D eigenvalue weighted by Crippen LogP contribution is 2.18. The number of nitrogens with one attached hydrogen (secondary N) is 1. The molecule has 2 rings (SSSR count). The van der Waals surface area contributed by atoms with Gasteiger partial charge in [-0.25, -0.2) is 4.98 Å². The Bertz CT molecular complexity index is 560. The van der Waals surface area contributed by atoms with Crippen LogP contribution in [-0.2, 0) is 6.42 Å². The number of aromatic nitrogens is 2. The lowest BCUT2D eigenvalue weighted by atomic mass is 10.1. The van der Waals surface area contributed by atoms with Crippen molar-refractivity contribution in [3.8, 4) is 11.3 Å². The SMILES string of the molecule is CCCc1ccc(-c2nc[nH]c(=O)c2F)cc1. The quantitative estimate of drug-likeness (QED) is 0.883. The van der Waals surface area contributed by atoms with Gasteiger partial charge in [0.05, 0.1) is 6.33 Å². The molecule has 0 spiro atoms. The van der Waals surface area contributed by atoms with Crippen LogP contribution in [0.1, 0.15) is 18.9 Å². The fraction of sp³-hybridized carbons (Fsp3) is 0.231. The van der Waals surface area contributed by atoms with Gasteiger partial charge in [-0.3, -0.25) is 4.79 Å². The van der Waals surface area contributed by atoms with E-state index < -0.39 is 11.4 Å². The van der Waals surface area contributed by atoms with Crippen molar-refractivity contribution in [1.29, 1.82) is 0 Å². The molecule has 0 saturated carbocycles. The van der Waals surface area contributed by atoms with Crippen molar-refractivity contribution in [2.45, 2.75) is 19.8 Å². The first kappa shape index (κ1) is 11.5. The van der Waals surface area contributed by atoms with Crippen molar-refractivity contribution in [3.05, 3.63) is 52.3 Å². The van der Waals surface area contributed by atoms with Crippen LogP contribution >= 0.6 is 0 Å². The molecule has 0 atom stereocenters. The van der Waals surface area contributed by atoms with Crippen LogP contribution in [-0.4, -0.2) is 9.97 Å². The highest BCUT2D eigenvalue weighted by Gasteiger charge is 2.09. The van der Waals surface area contributed by atoms with Gasteiger partial charge in [-0.2, -0.15) is 4.39 Å². The first-order chi connectivity index (χ1) is 8.22. The topological polar surface area (TPSA) is 45.8 Å². The molecule has 0 aliphatic heterocycles. The summed E-state index contributed by atoms with van der Waals surface area (Å²) < 4.78 is 13.5. The van der Waals surface area contributed by atoms with Gasteiger partial charge in [-0.05, 0) is 12.0 Å². The van der Waals surface area contributed by atoms with Gasteiger partial charge in [0.2, 0.25) is 5.82 Å². The lowest BCUT2D eigenvalue weighted by Gasteiger charge is -2.03. The summed E-state index contributed by atoms with van der Waals surface area (Å²) in [7, 11) is 0. The molecule has 1 N–H and O–H groups in total. The zero-order valence-corrected chi connectivity index (χ0v) is 9.53. The summed E-state index contributed by atoms with van der Waals surface area (Å²) in [4.78, 5) is 17.2. The second-order valence-electron chi connectivity index (χ2n) is 3.84. The average molecular weight is 232 g/mol. The Morgan fingerprint density at radius 1 is 1.29 bits per heavy atom. The molecule has 0 radical (unpaired) electrons. The number of nitrogens with zero attached hydrogens (tertiary/aromatic N) is 1. The van der Waals surface area contributed by atoms with Crippen molar-refractivity contribution in [2.75, 3.05) is 0 Å². The highest BCUT2D eigenvalue weighted by molar-refractivity contribution is 5.59. The third-order valence-electron chi connectivity index (χ3n) is 2.56. The zero-order chi connectivity index (χ0) is 12.3. The molecule has 0 saturated heterocycles. The number of hydrogen-bond acceptors (Lipinski definition) is 2. The molecule has 0 aliphatic rings. The van der Waals surface area contributed by atoms with Gasteiger partial charge < -0.3 is 4.98 Å². The van der Waals surface area contributed by atoms with Gasteiger partial charge in [0.25, 0.3) is 5.56 Å². The molecule has 1 heterocycles. The molecule has 2 aromatic rings. The Hall–Kier alpha value is -1.97. The predicted octanol–water partition coefficient (Wildman–Crippen LogP) is 2.53. The third-order valence-corrected chi connectivity index (χ3v) is 2.56. The van der Waals surface area contributed by atoms with Crippen LogP contribution in [0, 0.1) is 5.82 Å². The van der Waals surface area contributed by atoms with Crippen LogP contribution in [0.3, 0.4) is 0 Å². The molecule has 0 fully saturated rings. The zero-order valence-electron chi connectivity index (χ0n) is 9.53. The first-order valence-corrected chi connectivity index (χ1v) is 5.55. The van der Waals surface area contributed by atoms with Gasteiger partial charge in [0.1, 0.15) is 5.69 Å². The summed E-state index contributed by atoms with van der Waals surface area (Å²) in [5.41, 5.74) is 1.17. The maximum absolute atomic E-state index is 13.5. The Kier molecular flexibility index (Phi) is 3.32. The molecular weight excluding hydrogens is 219 g/mol. The van der Waals surface area contributed by atoms with Crippen LogP contribution in [0.5, 0.6) is 0 Å². The van der Waals surface area contributed by atoms with E-state index in [4.69, 9.17) is 0 Å². The number of H-pyrrole nitrogens is 1. The van der Waals surface area contributed by atoms with Crippen molar-refractivity contribution in [2.24, 2.45) is 0 Å². The number of halogens is 1. The lowest BCUT2D eigenvalue weighted by Crippen LogP contribution is -2.12. The highest BCUT2D eigenvalue weighted by atomic mass is 19.1. The summed E-state index contributed by atoms with van der Waals surface area (Å²) in [6, 6.07) is 7.44. The van der Waals surface area contributed by atoms with Crippen LogP contribution in [0.4, 0.5) is 4.39 Å². The summed E-state index contributed by atoms with van der Waals surface area (Å²) in [5.74, 6) is -0.837. The van der Waals surface area contributed by atoms with Gasteiger partial charge in [0.15, 0.2) is 0 Å². The largest absolute Gasteiger partial charge is 0.311 e. The summed E-state index contributed by atoms with van der Waals surface area (Å²) >= 11 is 0. The van der Waals surface area contributed by atoms with E-state index in [1.54, 1.807) is 12.1 Å². The third kappa shape index (κ3) is 2.41. The Morgan fingerprint density at radius 3 is 2.65 bits per heavy atom. The normalized spacial score (nSPS) is 10.5. The van der Waals surface area contributed by atoms with Gasteiger partial charge in [-0.1, -0.05) is 37.6 Å². The minimum absolute atomic E-state index is 0.0943. The summed E-state index contributed by atoms with van der Waals surface area (Å²) in [6.45, 7) is 2.10. The standard InChI is InChI=1S/C13H13FN2O/c1-2-3-9-4-6-10(7-5-9)12-11(14)13(17)16-8-15-12/h4-8H,2-3H2,1H3,(H,15,16,17). The van der Waals surface area contributed by atoms with Crippen molar-refractivity contribution >= 4 is 0 Å². The second kappa shape index (κ2) is 4.91. The second-order valence-corrected chi connectivity index (χ2v) is 3.84. The average Bonchev–Trinajstić information content (AvgIpc) is 2.34. The molecule has 88 valence electrons. The van der Waals surface area contributed by atoms with E-state index in [0.29, 0.717) is 5.56 Å². The number of rotatable bonds is 3. The Balaban J connectivity index is 2.40. The molecule has 0 aliphatic carbocycles. The van der Waals surface area contributed by atoms with Crippen molar-refractivity contribution in [3.63, 3.8) is 0 Å². The molecule has 1 aromatic carbocycles. The Labute approximate surface area is 98.3 Å². The molecule has 17 heavy (non-hydrogen) atoms. The van der Waals surface area contributed by atoms with E-state index in [0.717, 1.165) is 12.8 Å². The van der Waals surface area contributed by atoms with E-state index >= 15 is 0 Å². The molecule has 0 bridgehead atoms. The fourth-order valence-electron chi connectivity index (χ4n) is 1.70. The first-order valence-electron chi connectivity index (χ1n) is 5.55. The number of benzene rings is 1. The minimum atomic E-state index is -0.837. The van der Waals surface area contributed by atoms with E-state index in [-0.39, 0.29) is 5.69 Å². The van der Waals surface area contributed by atoms with Crippen LogP contribution in [0.2, 0.25) is 0 Å². The molecule has 0 amide bonds. The monoisotopic (exact) mass is 232 g/mol. The van der Waals surface area contributed by atoms with E-state index in [1.807, 2.05) is 12.1 Å². The van der Waals surface area contributed by atoms with Gasteiger partial charge >= 0.3 is 0 Å². The molecule has 3 nitrogen and oxygen atoms in total.